The summed E-state index contributed by atoms with van der Waals surface area (Å²) in [6.45, 7) is 6.62. The Bertz CT molecular complexity index is 586. The van der Waals surface area contributed by atoms with E-state index in [9.17, 15) is 18.3 Å². The molecule has 2 heterocycles. The maximum atomic E-state index is 12.3. The Hall–Kier alpha value is -0.900. The van der Waals surface area contributed by atoms with Crippen molar-refractivity contribution in [1.29, 1.82) is 0 Å². The molecule has 2 aliphatic heterocycles. The Morgan fingerprint density at radius 3 is 2.33 bits per heavy atom. The van der Waals surface area contributed by atoms with Gasteiger partial charge in [-0.3, -0.25) is 0 Å². The van der Waals surface area contributed by atoms with Crippen LogP contribution >= 0.6 is 0 Å². The van der Waals surface area contributed by atoms with Gasteiger partial charge in [-0.25, -0.2) is 4.79 Å². The molecule has 0 aromatic rings. The molecular weight excluding hydrogens is 334 g/mol. The number of hydrogen-bond donors (Lipinski definition) is 1. The van der Waals surface area contributed by atoms with Gasteiger partial charge in [0.1, 0.15) is 5.60 Å². The number of amides is 1. The van der Waals surface area contributed by atoms with Gasteiger partial charge in [0.25, 0.3) is 10.2 Å². The molecule has 0 saturated carbocycles. The first-order valence-corrected chi connectivity index (χ1v) is 9.63. The summed E-state index contributed by atoms with van der Waals surface area (Å²) in [5.41, 5.74) is -1.51. The monoisotopic (exact) mass is 363 g/mol. The number of hydrogen-bond acceptors (Lipinski definition) is 5. The lowest BCUT2D eigenvalue weighted by Gasteiger charge is -2.49. The van der Waals surface area contributed by atoms with Crippen molar-refractivity contribution < 1.29 is 23.1 Å². The van der Waals surface area contributed by atoms with E-state index in [1.165, 1.54) is 22.7 Å². The van der Waals surface area contributed by atoms with Gasteiger partial charge in [0.2, 0.25) is 0 Å². The topological polar surface area (TPSA) is 90.4 Å². The second-order valence-electron chi connectivity index (χ2n) is 7.88. The first-order valence-electron chi connectivity index (χ1n) is 8.23. The average molecular weight is 363 g/mol. The summed E-state index contributed by atoms with van der Waals surface area (Å²) in [5.74, 6) is -0.317. The fourth-order valence-electron chi connectivity index (χ4n) is 3.20. The number of ether oxygens (including phenoxy) is 1. The van der Waals surface area contributed by atoms with Gasteiger partial charge in [-0.2, -0.15) is 17.0 Å². The van der Waals surface area contributed by atoms with E-state index >= 15 is 0 Å². The van der Waals surface area contributed by atoms with Gasteiger partial charge in [-0.05, 0) is 33.6 Å². The van der Waals surface area contributed by atoms with Crippen LogP contribution in [0.5, 0.6) is 0 Å². The van der Waals surface area contributed by atoms with Crippen molar-refractivity contribution in [2.45, 2.75) is 44.8 Å². The molecule has 9 heteroatoms. The molecule has 2 aliphatic rings. The van der Waals surface area contributed by atoms with Gasteiger partial charge < -0.3 is 14.7 Å². The molecule has 0 spiro atoms. The van der Waals surface area contributed by atoms with Gasteiger partial charge in [-0.1, -0.05) is 0 Å². The molecule has 2 atom stereocenters. The molecule has 8 nitrogen and oxygen atoms in total. The van der Waals surface area contributed by atoms with Crippen LogP contribution in [0, 0.1) is 5.92 Å². The van der Waals surface area contributed by atoms with E-state index in [4.69, 9.17) is 4.74 Å². The standard InChI is InChI=1S/C15H29N3O5S/c1-14(2,3)23-13(19)17-8-6-15(20)7-9-18(11-12(15)10-17)24(21,22)16(4)5/h12,20H,6-11H2,1-5H3/t12-,15-/m0/s1. The number of piperidine rings is 2. The highest BCUT2D eigenvalue weighted by molar-refractivity contribution is 7.86. The number of aliphatic hydroxyl groups is 1. The first-order chi connectivity index (χ1) is 10.8. The van der Waals surface area contributed by atoms with Crippen LogP contribution in [0.4, 0.5) is 4.79 Å². The van der Waals surface area contributed by atoms with Crippen molar-refractivity contribution in [3.63, 3.8) is 0 Å². The average Bonchev–Trinajstić information content (AvgIpc) is 2.43. The van der Waals surface area contributed by atoms with Gasteiger partial charge >= 0.3 is 6.09 Å². The molecule has 0 aromatic carbocycles. The molecule has 2 rings (SSSR count). The van der Waals surface area contributed by atoms with Crippen molar-refractivity contribution in [1.82, 2.24) is 13.5 Å². The minimum Gasteiger partial charge on any atom is -0.444 e. The second-order valence-corrected chi connectivity index (χ2v) is 10.0. The fourth-order valence-corrected chi connectivity index (χ4v) is 4.36. The largest absolute Gasteiger partial charge is 0.444 e. The molecule has 140 valence electrons. The Morgan fingerprint density at radius 2 is 1.79 bits per heavy atom. The summed E-state index contributed by atoms with van der Waals surface area (Å²) >= 11 is 0. The Kier molecular flexibility index (Phi) is 5.21. The number of carbonyl (C=O) groups excluding carboxylic acids is 1. The van der Waals surface area contributed by atoms with Crippen LogP contribution in [-0.2, 0) is 14.9 Å². The summed E-state index contributed by atoms with van der Waals surface area (Å²) < 4.78 is 32.6. The third kappa shape index (κ3) is 4.01. The van der Waals surface area contributed by atoms with Crippen LogP contribution in [-0.4, -0.2) is 84.6 Å². The zero-order valence-corrected chi connectivity index (χ0v) is 16.0. The summed E-state index contributed by atoms with van der Waals surface area (Å²) in [6.07, 6.45) is 0.400. The van der Waals surface area contributed by atoms with Crippen molar-refractivity contribution >= 4 is 16.3 Å². The quantitative estimate of drug-likeness (QED) is 0.771. The van der Waals surface area contributed by atoms with E-state index in [1.54, 1.807) is 25.7 Å². The SMILES string of the molecule is CN(C)S(=O)(=O)N1CC[C@@]2(O)CCN(C(=O)OC(C)(C)C)C[C@H]2C1. The van der Waals surface area contributed by atoms with E-state index in [0.29, 0.717) is 32.5 Å². The molecule has 2 saturated heterocycles. The number of fused-ring (bicyclic) bond motifs is 1. The van der Waals surface area contributed by atoms with Gasteiger partial charge in [0.05, 0.1) is 5.60 Å². The molecular formula is C15H29N3O5S. The molecule has 1 amide bonds. The number of carbonyl (C=O) groups is 1. The lowest BCUT2D eigenvalue weighted by atomic mass is 9.76. The Labute approximate surface area is 144 Å². The predicted molar refractivity (Wildman–Crippen MR) is 89.7 cm³/mol. The third-order valence-corrected chi connectivity index (χ3v) is 6.58. The molecule has 24 heavy (non-hydrogen) atoms. The lowest BCUT2D eigenvalue weighted by molar-refractivity contribution is -0.101. The normalized spacial score (nSPS) is 29.5. The van der Waals surface area contributed by atoms with Crippen LogP contribution in [0.15, 0.2) is 0 Å². The highest BCUT2D eigenvalue weighted by atomic mass is 32.2. The van der Waals surface area contributed by atoms with Crippen LogP contribution in [0.25, 0.3) is 0 Å². The van der Waals surface area contributed by atoms with Crippen LogP contribution in [0.1, 0.15) is 33.6 Å². The third-order valence-electron chi connectivity index (χ3n) is 4.67. The van der Waals surface area contributed by atoms with E-state index in [0.717, 1.165) is 0 Å². The first kappa shape index (κ1) is 19.4. The van der Waals surface area contributed by atoms with Crippen molar-refractivity contribution in [3.8, 4) is 0 Å². The smallest absolute Gasteiger partial charge is 0.410 e. The summed E-state index contributed by atoms with van der Waals surface area (Å²) in [4.78, 5) is 13.8. The van der Waals surface area contributed by atoms with Crippen molar-refractivity contribution in [3.05, 3.63) is 0 Å². The molecule has 0 aliphatic carbocycles. The van der Waals surface area contributed by atoms with Crippen molar-refractivity contribution in [2.75, 3.05) is 40.3 Å². The highest BCUT2D eigenvalue weighted by Gasteiger charge is 2.48. The fraction of sp³-hybridized carbons (Fsp3) is 0.933. The second kappa shape index (κ2) is 6.44. The molecule has 0 bridgehead atoms. The van der Waals surface area contributed by atoms with Gasteiger partial charge in [0, 0.05) is 46.2 Å². The van der Waals surface area contributed by atoms with Crippen LogP contribution in [0.2, 0.25) is 0 Å². The number of rotatable bonds is 2. The number of nitrogens with zero attached hydrogens (tertiary/aromatic N) is 3. The molecule has 0 radical (unpaired) electrons. The number of likely N-dealkylation sites (tertiary alicyclic amines) is 1. The van der Waals surface area contributed by atoms with Gasteiger partial charge in [-0.15, -0.1) is 0 Å². The molecule has 0 aromatic heterocycles. The molecule has 1 N–H and O–H groups in total. The minimum atomic E-state index is -3.52. The zero-order valence-electron chi connectivity index (χ0n) is 15.2. The predicted octanol–water partition coefficient (Wildman–Crippen LogP) is 0.487. The van der Waals surface area contributed by atoms with Gasteiger partial charge in [0.15, 0.2) is 0 Å². The minimum absolute atomic E-state index is 0.205. The maximum Gasteiger partial charge on any atom is 0.410 e. The lowest BCUT2D eigenvalue weighted by Crippen LogP contribution is -2.62. The molecule has 0 unspecified atom stereocenters. The van der Waals surface area contributed by atoms with E-state index in [2.05, 4.69) is 0 Å². The van der Waals surface area contributed by atoms with Crippen LogP contribution in [0.3, 0.4) is 0 Å². The van der Waals surface area contributed by atoms with E-state index in [-0.39, 0.29) is 12.5 Å². The van der Waals surface area contributed by atoms with E-state index < -0.39 is 27.5 Å². The summed E-state index contributed by atoms with van der Waals surface area (Å²) in [5, 5.41) is 10.8. The van der Waals surface area contributed by atoms with Crippen molar-refractivity contribution in [2.24, 2.45) is 5.92 Å². The van der Waals surface area contributed by atoms with E-state index in [1.807, 2.05) is 0 Å². The maximum absolute atomic E-state index is 12.3. The Morgan fingerprint density at radius 1 is 1.21 bits per heavy atom. The summed E-state index contributed by atoms with van der Waals surface area (Å²) in [7, 11) is -0.543. The summed E-state index contributed by atoms with van der Waals surface area (Å²) in [6, 6.07) is 0. The Balaban J connectivity index is 2.10. The zero-order chi connectivity index (χ0) is 18.3. The molecule has 2 fully saturated rings. The van der Waals surface area contributed by atoms with Crippen LogP contribution < -0.4 is 0 Å². The highest BCUT2D eigenvalue weighted by Crippen LogP contribution is 2.36.